The molecule has 0 bridgehead atoms. The Labute approximate surface area is 96.5 Å². The fourth-order valence-corrected chi connectivity index (χ4v) is 2.48. The van der Waals surface area contributed by atoms with E-state index in [9.17, 15) is 15.0 Å². The lowest BCUT2D eigenvalue weighted by Gasteiger charge is -2.23. The first-order valence-corrected chi connectivity index (χ1v) is 5.37. The molecule has 2 aliphatic rings. The molecule has 17 heavy (non-hydrogen) atoms. The third-order valence-electron chi connectivity index (χ3n) is 3.68. The predicted octanol–water partition coefficient (Wildman–Crippen LogP) is -1.54. The Hall–Kier alpha value is -1.44. The van der Waals surface area contributed by atoms with Gasteiger partial charge in [0.1, 0.15) is 29.9 Å². The van der Waals surface area contributed by atoms with Crippen molar-refractivity contribution in [3.05, 3.63) is 22.7 Å². The van der Waals surface area contributed by atoms with Gasteiger partial charge in [-0.3, -0.25) is 4.57 Å². The predicted molar refractivity (Wildman–Crippen MR) is 56.9 cm³/mol. The number of aromatic nitrogens is 2. The van der Waals surface area contributed by atoms with Crippen LogP contribution in [0.4, 0.5) is 5.82 Å². The van der Waals surface area contributed by atoms with E-state index in [1.54, 1.807) is 6.92 Å². The summed E-state index contributed by atoms with van der Waals surface area (Å²) in [5, 5.41) is 19.5. The number of ether oxygens (including phenoxy) is 1. The average Bonchev–Trinajstić information content (AvgIpc) is 2.66. The monoisotopic (exact) mass is 239 g/mol. The molecule has 2 fully saturated rings. The molecule has 4 N–H and O–H groups in total. The molecule has 3 rings (SSSR count). The van der Waals surface area contributed by atoms with Crippen molar-refractivity contribution in [2.45, 2.75) is 31.0 Å². The van der Waals surface area contributed by atoms with Gasteiger partial charge in [0.2, 0.25) is 0 Å². The van der Waals surface area contributed by atoms with Crippen LogP contribution < -0.4 is 11.4 Å². The molecule has 1 unspecified atom stereocenters. The van der Waals surface area contributed by atoms with Crippen LogP contribution in [0.2, 0.25) is 0 Å². The molecule has 1 aromatic heterocycles. The lowest BCUT2D eigenvalue weighted by atomic mass is 10.0. The molecular weight excluding hydrogens is 226 g/mol. The molecule has 0 radical (unpaired) electrons. The maximum Gasteiger partial charge on any atom is 0.351 e. The van der Waals surface area contributed by atoms with Crippen molar-refractivity contribution >= 4 is 5.82 Å². The quantitative estimate of drug-likeness (QED) is 0.548. The maximum atomic E-state index is 11.6. The Morgan fingerprint density at radius 2 is 2.35 bits per heavy atom. The third kappa shape index (κ3) is 1.21. The largest absolute Gasteiger partial charge is 0.387 e. The number of anilines is 1. The lowest BCUT2D eigenvalue weighted by Crippen LogP contribution is -2.35. The van der Waals surface area contributed by atoms with Crippen LogP contribution in [0.15, 0.2) is 17.1 Å². The van der Waals surface area contributed by atoms with E-state index in [1.807, 2.05) is 0 Å². The standard InChI is InChI=1S/C10H13N3O4/c1-4-8(17-7-6(14)10(4,7)16)13-3-2-5(11)12-9(13)15/h2-4,6-8,14,16H,1H3,(H2,11,12,15)/t4-,6?,7-,8-,10-/m1/s1. The maximum absolute atomic E-state index is 11.6. The van der Waals surface area contributed by atoms with E-state index < -0.39 is 29.7 Å². The van der Waals surface area contributed by atoms with Crippen molar-refractivity contribution in [2.24, 2.45) is 5.92 Å². The Morgan fingerprint density at radius 3 is 2.88 bits per heavy atom. The van der Waals surface area contributed by atoms with Gasteiger partial charge in [-0.2, -0.15) is 4.98 Å². The van der Waals surface area contributed by atoms with Gasteiger partial charge in [-0.25, -0.2) is 4.79 Å². The fourth-order valence-electron chi connectivity index (χ4n) is 2.48. The molecule has 1 saturated heterocycles. The van der Waals surface area contributed by atoms with Gasteiger partial charge in [0.05, 0.1) is 0 Å². The summed E-state index contributed by atoms with van der Waals surface area (Å²) in [4.78, 5) is 15.2. The van der Waals surface area contributed by atoms with Crippen LogP contribution in [0, 0.1) is 5.92 Å². The molecule has 7 heteroatoms. The highest BCUT2D eigenvalue weighted by Crippen LogP contribution is 2.56. The van der Waals surface area contributed by atoms with Gasteiger partial charge in [0, 0.05) is 12.1 Å². The van der Waals surface area contributed by atoms with E-state index in [0.29, 0.717) is 0 Å². The van der Waals surface area contributed by atoms with Crippen molar-refractivity contribution in [3.63, 3.8) is 0 Å². The first-order chi connectivity index (χ1) is 7.96. The third-order valence-corrected chi connectivity index (χ3v) is 3.68. The summed E-state index contributed by atoms with van der Waals surface area (Å²) in [6.07, 6.45) is -0.626. The molecule has 0 aromatic carbocycles. The zero-order chi connectivity index (χ0) is 12.4. The van der Waals surface area contributed by atoms with Crippen LogP contribution in [0.1, 0.15) is 13.2 Å². The lowest BCUT2D eigenvalue weighted by molar-refractivity contribution is -0.0476. The summed E-state index contributed by atoms with van der Waals surface area (Å²) >= 11 is 0. The molecule has 1 aromatic rings. The van der Waals surface area contributed by atoms with Gasteiger partial charge in [0.15, 0.2) is 0 Å². The number of aliphatic hydroxyl groups is 2. The second-order valence-electron chi connectivity index (χ2n) is 4.61. The van der Waals surface area contributed by atoms with E-state index in [2.05, 4.69) is 4.98 Å². The number of hydrogen-bond donors (Lipinski definition) is 3. The minimum Gasteiger partial charge on any atom is -0.387 e. The van der Waals surface area contributed by atoms with Crippen LogP contribution in [-0.2, 0) is 4.74 Å². The van der Waals surface area contributed by atoms with E-state index in [0.717, 1.165) is 0 Å². The molecule has 7 nitrogen and oxygen atoms in total. The smallest absolute Gasteiger partial charge is 0.351 e. The number of nitrogens with zero attached hydrogens (tertiary/aromatic N) is 2. The summed E-state index contributed by atoms with van der Waals surface area (Å²) in [5.41, 5.74) is 3.62. The Bertz CT molecular complexity index is 531. The van der Waals surface area contributed by atoms with Gasteiger partial charge >= 0.3 is 5.69 Å². The molecule has 1 saturated carbocycles. The SMILES string of the molecule is C[C@@H]1[C@H](n2ccc(N)nc2=O)O[C@@H]2C(O)[C@@]21O. The van der Waals surface area contributed by atoms with Gasteiger partial charge < -0.3 is 20.7 Å². The number of hydrogen-bond acceptors (Lipinski definition) is 6. The topological polar surface area (TPSA) is 111 Å². The minimum atomic E-state index is -1.24. The highest BCUT2D eigenvalue weighted by molar-refractivity contribution is 5.25. The highest BCUT2D eigenvalue weighted by Gasteiger charge is 2.75. The Morgan fingerprint density at radius 1 is 1.65 bits per heavy atom. The van der Waals surface area contributed by atoms with E-state index in [-0.39, 0.29) is 11.7 Å². The van der Waals surface area contributed by atoms with E-state index in [4.69, 9.17) is 10.5 Å². The summed E-state index contributed by atoms with van der Waals surface area (Å²) in [7, 11) is 0. The Balaban J connectivity index is 1.95. The van der Waals surface area contributed by atoms with Gasteiger partial charge in [0.25, 0.3) is 0 Å². The zero-order valence-electron chi connectivity index (χ0n) is 9.15. The number of fused-ring (bicyclic) bond motifs is 1. The van der Waals surface area contributed by atoms with Crippen molar-refractivity contribution in [1.29, 1.82) is 0 Å². The number of nitrogen functional groups attached to an aromatic ring is 1. The first kappa shape index (κ1) is 10.7. The van der Waals surface area contributed by atoms with Crippen LogP contribution in [0.25, 0.3) is 0 Å². The number of aliphatic hydroxyl groups excluding tert-OH is 1. The van der Waals surface area contributed by atoms with Crippen molar-refractivity contribution in [2.75, 3.05) is 5.73 Å². The first-order valence-electron chi connectivity index (χ1n) is 5.37. The van der Waals surface area contributed by atoms with Crippen LogP contribution in [-0.4, -0.2) is 37.6 Å². The van der Waals surface area contributed by atoms with E-state index >= 15 is 0 Å². The van der Waals surface area contributed by atoms with Crippen LogP contribution in [0.3, 0.4) is 0 Å². The highest BCUT2D eigenvalue weighted by atomic mass is 16.6. The summed E-state index contributed by atoms with van der Waals surface area (Å²) in [6.45, 7) is 1.73. The fraction of sp³-hybridized carbons (Fsp3) is 0.600. The summed E-state index contributed by atoms with van der Waals surface area (Å²) < 4.78 is 6.73. The van der Waals surface area contributed by atoms with Crippen LogP contribution >= 0.6 is 0 Å². The van der Waals surface area contributed by atoms with Gasteiger partial charge in [-0.05, 0) is 6.07 Å². The number of rotatable bonds is 1. The van der Waals surface area contributed by atoms with Crippen molar-refractivity contribution in [1.82, 2.24) is 9.55 Å². The summed E-state index contributed by atoms with van der Waals surface area (Å²) in [6, 6.07) is 1.49. The molecule has 0 amide bonds. The summed E-state index contributed by atoms with van der Waals surface area (Å²) in [5.74, 6) is -0.244. The van der Waals surface area contributed by atoms with E-state index in [1.165, 1.54) is 16.8 Å². The molecule has 5 atom stereocenters. The molecular formula is C10H13N3O4. The Kier molecular flexibility index (Phi) is 1.93. The van der Waals surface area contributed by atoms with Crippen molar-refractivity contribution < 1.29 is 14.9 Å². The minimum absolute atomic E-state index is 0.140. The van der Waals surface area contributed by atoms with Crippen LogP contribution in [0.5, 0.6) is 0 Å². The molecule has 2 heterocycles. The second-order valence-corrected chi connectivity index (χ2v) is 4.61. The molecule has 92 valence electrons. The van der Waals surface area contributed by atoms with Gasteiger partial charge in [-0.1, -0.05) is 6.92 Å². The molecule has 0 spiro atoms. The zero-order valence-corrected chi connectivity index (χ0v) is 9.15. The normalized spacial score (nSPS) is 43.5. The average molecular weight is 239 g/mol. The molecule has 1 aliphatic carbocycles. The number of nitrogens with two attached hydrogens (primary N) is 1. The second kappa shape index (κ2) is 3.06. The molecule has 1 aliphatic heterocycles. The van der Waals surface area contributed by atoms with Gasteiger partial charge in [-0.15, -0.1) is 0 Å². The van der Waals surface area contributed by atoms with Crippen molar-refractivity contribution in [3.8, 4) is 0 Å².